The average Bonchev–Trinajstić information content (AvgIpc) is 2.88. The van der Waals surface area contributed by atoms with Gasteiger partial charge in [0.25, 0.3) is 5.91 Å². The van der Waals surface area contributed by atoms with Crippen LogP contribution < -0.4 is 4.74 Å². The van der Waals surface area contributed by atoms with Crippen LogP contribution in [0, 0.1) is 6.92 Å². The number of carbonyl (C=O) groups is 1. The monoisotopic (exact) mass is 342 g/mol. The lowest BCUT2D eigenvalue weighted by Crippen LogP contribution is -2.56. The van der Waals surface area contributed by atoms with Crippen LogP contribution in [-0.2, 0) is 6.18 Å². The van der Waals surface area contributed by atoms with Crippen LogP contribution in [0.1, 0.15) is 20.9 Å². The van der Waals surface area contributed by atoms with Crippen molar-refractivity contribution in [2.75, 3.05) is 13.1 Å². The summed E-state index contributed by atoms with van der Waals surface area (Å²) in [4.78, 5) is 17.8. The number of pyridine rings is 1. The van der Waals surface area contributed by atoms with E-state index in [0.717, 1.165) is 11.6 Å². The minimum atomic E-state index is -4.50. The molecule has 2 aromatic rings. The maximum absolute atomic E-state index is 12.6. The van der Waals surface area contributed by atoms with Crippen molar-refractivity contribution < 1.29 is 22.7 Å². The van der Waals surface area contributed by atoms with Crippen LogP contribution >= 0.6 is 11.3 Å². The second-order valence-electron chi connectivity index (χ2n) is 5.30. The third-order valence-corrected chi connectivity index (χ3v) is 4.41. The van der Waals surface area contributed by atoms with Crippen molar-refractivity contribution in [1.29, 1.82) is 0 Å². The minimum Gasteiger partial charge on any atom is -0.471 e. The fraction of sp³-hybridized carbons (Fsp3) is 0.333. The number of alkyl halides is 3. The average molecular weight is 342 g/mol. The smallest absolute Gasteiger partial charge is 0.433 e. The first-order valence-electron chi connectivity index (χ1n) is 6.88. The Hall–Kier alpha value is -2.09. The molecule has 0 spiro atoms. The van der Waals surface area contributed by atoms with Gasteiger partial charge in [0.15, 0.2) is 0 Å². The molecule has 1 aliphatic heterocycles. The number of aryl methyl sites for hydroxylation is 1. The van der Waals surface area contributed by atoms with Crippen molar-refractivity contribution in [2.24, 2.45) is 0 Å². The lowest BCUT2D eigenvalue weighted by molar-refractivity contribution is -0.141. The molecule has 1 saturated heterocycles. The summed E-state index contributed by atoms with van der Waals surface area (Å²) in [6.45, 7) is 2.59. The number of halogens is 3. The number of amides is 1. The first-order chi connectivity index (χ1) is 10.8. The molecular weight excluding hydrogens is 329 g/mol. The standard InChI is InChI=1S/C15H13F3N2O2S/c1-9-5-11(23-8-9)14(21)20-6-10(7-20)22-13-4-2-3-12(19-13)15(16,17)18/h2-5,8,10H,6-7H2,1H3. The topological polar surface area (TPSA) is 42.4 Å². The van der Waals surface area contributed by atoms with Crippen molar-refractivity contribution in [2.45, 2.75) is 19.2 Å². The molecule has 0 radical (unpaired) electrons. The van der Waals surface area contributed by atoms with Gasteiger partial charge in [0.1, 0.15) is 11.8 Å². The summed E-state index contributed by atoms with van der Waals surface area (Å²) in [6.07, 6.45) is -4.84. The highest BCUT2D eigenvalue weighted by molar-refractivity contribution is 7.12. The molecule has 122 valence electrons. The Labute approximate surface area is 134 Å². The van der Waals surface area contributed by atoms with Crippen molar-refractivity contribution in [3.8, 4) is 5.88 Å². The molecule has 0 aromatic carbocycles. The van der Waals surface area contributed by atoms with E-state index in [-0.39, 0.29) is 17.9 Å². The molecule has 2 aromatic heterocycles. The fourth-order valence-electron chi connectivity index (χ4n) is 2.19. The molecule has 0 N–H and O–H groups in total. The zero-order valence-electron chi connectivity index (χ0n) is 12.1. The quantitative estimate of drug-likeness (QED) is 0.859. The van der Waals surface area contributed by atoms with Crippen LogP contribution in [0.4, 0.5) is 13.2 Å². The molecule has 0 atom stereocenters. The summed E-state index contributed by atoms with van der Waals surface area (Å²) in [5.41, 5.74) is 0.0381. The van der Waals surface area contributed by atoms with Crippen molar-refractivity contribution in [3.05, 3.63) is 45.8 Å². The minimum absolute atomic E-state index is 0.0797. The lowest BCUT2D eigenvalue weighted by atomic mass is 10.1. The van der Waals surface area contributed by atoms with Crippen molar-refractivity contribution in [3.63, 3.8) is 0 Å². The zero-order valence-corrected chi connectivity index (χ0v) is 12.9. The van der Waals surface area contributed by atoms with E-state index in [1.807, 2.05) is 18.4 Å². The van der Waals surface area contributed by atoms with Crippen LogP contribution in [0.15, 0.2) is 29.6 Å². The molecule has 4 nitrogen and oxygen atoms in total. The van der Waals surface area contributed by atoms with E-state index < -0.39 is 11.9 Å². The number of carbonyl (C=O) groups excluding carboxylic acids is 1. The Morgan fingerprint density at radius 3 is 2.74 bits per heavy atom. The molecule has 1 amide bonds. The molecule has 3 rings (SSSR count). The number of likely N-dealkylation sites (tertiary alicyclic amines) is 1. The predicted octanol–water partition coefficient (Wildman–Crippen LogP) is 3.37. The molecule has 0 aliphatic carbocycles. The summed E-state index contributed by atoms with van der Waals surface area (Å²) in [5.74, 6) is -0.163. The van der Waals surface area contributed by atoms with Gasteiger partial charge in [-0.3, -0.25) is 4.79 Å². The van der Waals surface area contributed by atoms with Crippen LogP contribution in [0.5, 0.6) is 5.88 Å². The summed E-state index contributed by atoms with van der Waals surface area (Å²) < 4.78 is 43.2. The molecule has 0 bridgehead atoms. The number of rotatable bonds is 3. The number of nitrogens with zero attached hydrogens (tertiary/aromatic N) is 2. The van der Waals surface area contributed by atoms with Gasteiger partial charge in [-0.05, 0) is 30.0 Å². The van der Waals surface area contributed by atoms with Gasteiger partial charge >= 0.3 is 6.18 Å². The van der Waals surface area contributed by atoms with Gasteiger partial charge in [-0.1, -0.05) is 6.07 Å². The second-order valence-corrected chi connectivity index (χ2v) is 6.21. The number of hydrogen-bond acceptors (Lipinski definition) is 4. The van der Waals surface area contributed by atoms with E-state index >= 15 is 0 Å². The summed E-state index contributed by atoms with van der Waals surface area (Å²) in [6, 6.07) is 5.33. The van der Waals surface area contributed by atoms with E-state index in [4.69, 9.17) is 4.74 Å². The van der Waals surface area contributed by atoms with E-state index in [2.05, 4.69) is 4.98 Å². The summed E-state index contributed by atoms with van der Waals surface area (Å²) in [7, 11) is 0. The Kier molecular flexibility index (Phi) is 4.01. The molecular formula is C15H13F3N2O2S. The van der Waals surface area contributed by atoms with E-state index in [1.54, 1.807) is 4.90 Å². The van der Waals surface area contributed by atoms with E-state index in [1.165, 1.54) is 23.5 Å². The fourth-order valence-corrected chi connectivity index (χ4v) is 3.05. The Morgan fingerprint density at radius 1 is 1.39 bits per heavy atom. The largest absolute Gasteiger partial charge is 0.471 e. The van der Waals surface area contributed by atoms with Crippen LogP contribution in [0.25, 0.3) is 0 Å². The SMILES string of the molecule is Cc1csc(C(=O)N2CC(Oc3cccc(C(F)(F)F)n3)C2)c1. The van der Waals surface area contributed by atoms with Crippen molar-refractivity contribution >= 4 is 17.2 Å². The number of ether oxygens (including phenoxy) is 1. The predicted molar refractivity (Wildman–Crippen MR) is 78.6 cm³/mol. The van der Waals surface area contributed by atoms with E-state index in [0.29, 0.717) is 18.0 Å². The summed E-state index contributed by atoms with van der Waals surface area (Å²) >= 11 is 1.38. The van der Waals surface area contributed by atoms with Gasteiger partial charge in [-0.25, -0.2) is 4.98 Å². The molecule has 3 heterocycles. The highest BCUT2D eigenvalue weighted by Crippen LogP contribution is 2.29. The number of aromatic nitrogens is 1. The molecule has 0 saturated carbocycles. The van der Waals surface area contributed by atoms with E-state index in [9.17, 15) is 18.0 Å². The maximum atomic E-state index is 12.6. The highest BCUT2D eigenvalue weighted by atomic mass is 32.1. The Balaban J connectivity index is 1.57. The van der Waals surface area contributed by atoms with Gasteiger partial charge in [-0.15, -0.1) is 11.3 Å². The molecule has 23 heavy (non-hydrogen) atoms. The van der Waals surface area contributed by atoms with Crippen LogP contribution in [0.3, 0.4) is 0 Å². The second kappa shape index (κ2) is 5.84. The summed E-state index contributed by atoms with van der Waals surface area (Å²) in [5, 5.41) is 1.90. The zero-order chi connectivity index (χ0) is 16.6. The number of hydrogen-bond donors (Lipinski definition) is 0. The van der Waals surface area contributed by atoms with Crippen LogP contribution in [-0.4, -0.2) is 35.0 Å². The van der Waals surface area contributed by atoms with Gasteiger partial charge < -0.3 is 9.64 Å². The van der Waals surface area contributed by atoms with Crippen molar-refractivity contribution in [1.82, 2.24) is 9.88 Å². The lowest BCUT2D eigenvalue weighted by Gasteiger charge is -2.38. The van der Waals surface area contributed by atoms with Crippen LogP contribution in [0.2, 0.25) is 0 Å². The molecule has 1 aliphatic rings. The first-order valence-corrected chi connectivity index (χ1v) is 7.76. The Bertz CT molecular complexity index is 724. The van der Waals surface area contributed by atoms with Gasteiger partial charge in [0, 0.05) is 6.07 Å². The normalized spacial score (nSPS) is 15.4. The number of thiophene rings is 1. The molecule has 1 fully saturated rings. The van der Waals surface area contributed by atoms with Gasteiger partial charge in [0.05, 0.1) is 18.0 Å². The third-order valence-electron chi connectivity index (χ3n) is 3.38. The first kappa shape index (κ1) is 15.8. The maximum Gasteiger partial charge on any atom is 0.433 e. The molecule has 8 heteroatoms. The van der Waals surface area contributed by atoms with Gasteiger partial charge in [0.2, 0.25) is 5.88 Å². The molecule has 0 unspecified atom stereocenters. The third kappa shape index (κ3) is 3.47. The van der Waals surface area contributed by atoms with Gasteiger partial charge in [-0.2, -0.15) is 13.2 Å². The Morgan fingerprint density at radius 2 is 2.13 bits per heavy atom. The highest BCUT2D eigenvalue weighted by Gasteiger charge is 2.35.